The van der Waals surface area contributed by atoms with E-state index in [9.17, 15) is 4.79 Å². The number of carboxylic acids is 1. The molecule has 1 saturated carbocycles. The fourth-order valence-electron chi connectivity index (χ4n) is 1.46. The van der Waals surface area contributed by atoms with Crippen LogP contribution in [0.4, 0.5) is 0 Å². The predicted octanol–water partition coefficient (Wildman–Crippen LogP) is -0.441. The molecule has 11 heavy (non-hydrogen) atoms. The van der Waals surface area contributed by atoms with E-state index < -0.39 is 18.0 Å². The molecule has 0 aromatic rings. The number of carboxylic acid groups (broad SMARTS) is 1. The number of aliphatic hydroxyl groups excluding tert-OH is 1. The number of carbonyl (C=O) groups is 1. The molecule has 0 bridgehead atoms. The van der Waals surface area contributed by atoms with Gasteiger partial charge in [-0.15, -0.1) is 0 Å². The maximum Gasteiger partial charge on any atom is 0.308 e. The van der Waals surface area contributed by atoms with Crippen molar-refractivity contribution in [2.75, 3.05) is 0 Å². The Morgan fingerprint density at radius 3 is 2.55 bits per heavy atom. The highest BCUT2D eigenvalue weighted by Crippen LogP contribution is 2.23. The predicted molar refractivity (Wildman–Crippen MR) is 39.0 cm³/mol. The van der Waals surface area contributed by atoms with Gasteiger partial charge in [-0.3, -0.25) is 4.79 Å². The summed E-state index contributed by atoms with van der Waals surface area (Å²) in [7, 11) is 0. The van der Waals surface area contributed by atoms with E-state index in [1.54, 1.807) is 0 Å². The van der Waals surface area contributed by atoms with Crippen LogP contribution in [-0.4, -0.2) is 28.3 Å². The Morgan fingerprint density at radius 1 is 1.45 bits per heavy atom. The summed E-state index contributed by atoms with van der Waals surface area (Å²) in [4.78, 5) is 10.5. The summed E-state index contributed by atoms with van der Waals surface area (Å²) in [5.41, 5.74) is 5.55. The summed E-state index contributed by atoms with van der Waals surface area (Å²) in [6.45, 7) is 0. The molecular weight excluding hydrogens is 146 g/mol. The number of aliphatic hydroxyl groups is 1. The number of rotatable bonds is 1. The van der Waals surface area contributed by atoms with Gasteiger partial charge in [-0.2, -0.15) is 0 Å². The van der Waals surface area contributed by atoms with Crippen molar-refractivity contribution in [3.63, 3.8) is 0 Å². The van der Waals surface area contributed by atoms with Crippen molar-refractivity contribution in [2.24, 2.45) is 11.7 Å². The van der Waals surface area contributed by atoms with E-state index in [1.165, 1.54) is 0 Å². The Bertz CT molecular complexity index is 160. The zero-order valence-electron chi connectivity index (χ0n) is 6.23. The van der Waals surface area contributed by atoms with Crippen molar-refractivity contribution in [3.8, 4) is 0 Å². The highest BCUT2D eigenvalue weighted by molar-refractivity contribution is 5.71. The lowest BCUT2D eigenvalue weighted by atomic mass is 9.83. The van der Waals surface area contributed by atoms with Gasteiger partial charge in [-0.25, -0.2) is 0 Å². The first kappa shape index (κ1) is 8.49. The number of nitrogens with two attached hydrogens (primary N) is 1. The molecule has 1 aliphatic carbocycles. The van der Waals surface area contributed by atoms with Gasteiger partial charge in [0.25, 0.3) is 0 Å². The Hall–Kier alpha value is -0.610. The minimum Gasteiger partial charge on any atom is -0.481 e. The lowest BCUT2D eigenvalue weighted by Gasteiger charge is -2.28. The Balaban J connectivity index is 2.54. The van der Waals surface area contributed by atoms with Gasteiger partial charge in [0, 0.05) is 6.04 Å². The first-order valence-electron chi connectivity index (χ1n) is 3.77. The molecule has 0 spiro atoms. The molecule has 0 aromatic heterocycles. The third-order valence-corrected chi connectivity index (χ3v) is 2.19. The lowest BCUT2D eigenvalue weighted by molar-refractivity contribution is -0.144. The van der Waals surface area contributed by atoms with Gasteiger partial charge >= 0.3 is 5.97 Å². The quantitative estimate of drug-likeness (QED) is 0.484. The highest BCUT2D eigenvalue weighted by Gasteiger charge is 2.31. The maximum atomic E-state index is 10.5. The topological polar surface area (TPSA) is 83.5 Å². The maximum absolute atomic E-state index is 10.5. The second-order valence-corrected chi connectivity index (χ2v) is 3.08. The van der Waals surface area contributed by atoms with Gasteiger partial charge in [-0.1, -0.05) is 0 Å². The summed E-state index contributed by atoms with van der Waals surface area (Å²) in [5, 5.41) is 17.8. The van der Waals surface area contributed by atoms with Crippen LogP contribution in [0, 0.1) is 5.92 Å². The molecular formula is C7H13NO3. The molecule has 1 aliphatic rings. The average molecular weight is 159 g/mol. The van der Waals surface area contributed by atoms with Crippen LogP contribution in [0.5, 0.6) is 0 Å². The fraction of sp³-hybridized carbons (Fsp3) is 0.857. The van der Waals surface area contributed by atoms with E-state index in [1.807, 2.05) is 0 Å². The lowest BCUT2D eigenvalue weighted by Crippen LogP contribution is -2.42. The first-order chi connectivity index (χ1) is 5.11. The summed E-state index contributed by atoms with van der Waals surface area (Å²) in [6, 6.07) is -0.282. The van der Waals surface area contributed by atoms with Gasteiger partial charge in [0.1, 0.15) is 0 Å². The van der Waals surface area contributed by atoms with E-state index in [-0.39, 0.29) is 6.04 Å². The molecule has 0 amide bonds. The molecule has 4 heteroatoms. The van der Waals surface area contributed by atoms with E-state index in [2.05, 4.69) is 0 Å². The molecule has 3 unspecified atom stereocenters. The molecule has 4 N–H and O–H groups in total. The standard InChI is InChI=1S/C7H13NO3/c8-6-2-1-4(9)3-5(6)7(10)11/h4-6,9H,1-3,8H2,(H,10,11). The summed E-state index contributed by atoms with van der Waals surface area (Å²) >= 11 is 0. The van der Waals surface area contributed by atoms with E-state index >= 15 is 0 Å². The van der Waals surface area contributed by atoms with Crippen LogP contribution in [-0.2, 0) is 4.79 Å². The average Bonchev–Trinajstić information content (AvgIpc) is 1.94. The Morgan fingerprint density at radius 2 is 2.09 bits per heavy atom. The van der Waals surface area contributed by atoms with Gasteiger partial charge in [0.15, 0.2) is 0 Å². The number of aliphatic carboxylic acids is 1. The van der Waals surface area contributed by atoms with Gasteiger partial charge in [-0.05, 0) is 19.3 Å². The van der Waals surface area contributed by atoms with Gasteiger partial charge in [0.2, 0.25) is 0 Å². The van der Waals surface area contributed by atoms with Crippen LogP contribution in [0.25, 0.3) is 0 Å². The minimum atomic E-state index is -0.892. The molecule has 0 heterocycles. The number of hydrogen-bond acceptors (Lipinski definition) is 3. The molecule has 0 aliphatic heterocycles. The van der Waals surface area contributed by atoms with Gasteiger partial charge in [0.05, 0.1) is 12.0 Å². The van der Waals surface area contributed by atoms with Crippen LogP contribution < -0.4 is 5.73 Å². The van der Waals surface area contributed by atoms with Gasteiger partial charge < -0.3 is 15.9 Å². The molecule has 0 saturated heterocycles. The number of hydrogen-bond donors (Lipinski definition) is 3. The summed E-state index contributed by atoms with van der Waals surface area (Å²) < 4.78 is 0. The monoisotopic (exact) mass is 159 g/mol. The molecule has 0 radical (unpaired) electrons. The van der Waals surface area contributed by atoms with Crippen LogP contribution in [0.1, 0.15) is 19.3 Å². The second kappa shape index (κ2) is 3.19. The van der Waals surface area contributed by atoms with Crippen LogP contribution in [0.3, 0.4) is 0 Å². The van der Waals surface area contributed by atoms with Crippen molar-refractivity contribution < 1.29 is 15.0 Å². The van der Waals surface area contributed by atoms with Crippen LogP contribution in [0.15, 0.2) is 0 Å². The molecule has 0 aromatic carbocycles. The smallest absolute Gasteiger partial charge is 0.308 e. The van der Waals surface area contributed by atoms with Crippen molar-refractivity contribution >= 4 is 5.97 Å². The third kappa shape index (κ3) is 1.91. The second-order valence-electron chi connectivity index (χ2n) is 3.08. The Labute approximate surface area is 65.0 Å². The SMILES string of the molecule is NC1CCC(O)CC1C(=O)O. The summed E-state index contributed by atoms with van der Waals surface area (Å²) in [6.07, 6.45) is 1.07. The highest BCUT2D eigenvalue weighted by atomic mass is 16.4. The van der Waals surface area contributed by atoms with Crippen LogP contribution in [0.2, 0.25) is 0 Å². The fourth-order valence-corrected chi connectivity index (χ4v) is 1.46. The van der Waals surface area contributed by atoms with Crippen molar-refractivity contribution in [1.29, 1.82) is 0 Å². The van der Waals surface area contributed by atoms with E-state index in [4.69, 9.17) is 15.9 Å². The summed E-state index contributed by atoms with van der Waals surface area (Å²) in [5.74, 6) is -1.45. The molecule has 3 atom stereocenters. The van der Waals surface area contributed by atoms with Crippen LogP contribution >= 0.6 is 0 Å². The largest absolute Gasteiger partial charge is 0.481 e. The van der Waals surface area contributed by atoms with Crippen molar-refractivity contribution in [3.05, 3.63) is 0 Å². The van der Waals surface area contributed by atoms with E-state index in [0.29, 0.717) is 19.3 Å². The third-order valence-electron chi connectivity index (χ3n) is 2.19. The van der Waals surface area contributed by atoms with E-state index in [0.717, 1.165) is 0 Å². The zero-order valence-corrected chi connectivity index (χ0v) is 6.23. The molecule has 64 valence electrons. The minimum absolute atomic E-state index is 0.282. The van der Waals surface area contributed by atoms with Crippen molar-refractivity contribution in [1.82, 2.24) is 0 Å². The molecule has 1 fully saturated rings. The Kier molecular flexibility index (Phi) is 2.46. The normalized spacial score (nSPS) is 38.5. The molecule has 1 rings (SSSR count). The zero-order chi connectivity index (χ0) is 8.43. The molecule has 4 nitrogen and oxygen atoms in total. The first-order valence-corrected chi connectivity index (χ1v) is 3.77. The van der Waals surface area contributed by atoms with Crippen molar-refractivity contribution in [2.45, 2.75) is 31.4 Å².